The van der Waals surface area contributed by atoms with Crippen molar-refractivity contribution < 1.29 is 0 Å². The van der Waals surface area contributed by atoms with E-state index >= 15 is 0 Å². The van der Waals surface area contributed by atoms with Gasteiger partial charge in [0.15, 0.2) is 0 Å². The van der Waals surface area contributed by atoms with Gasteiger partial charge in [0.2, 0.25) is 0 Å². The van der Waals surface area contributed by atoms with Gasteiger partial charge >= 0.3 is 0 Å². The predicted octanol–water partition coefficient (Wildman–Crippen LogP) is 9.94. The lowest BCUT2D eigenvalue weighted by Crippen LogP contribution is -2.30. The second kappa shape index (κ2) is 7.99. The Balaban J connectivity index is 1.30. The van der Waals surface area contributed by atoms with Crippen molar-refractivity contribution in [3.8, 4) is 11.1 Å². The topological polar surface area (TPSA) is 0 Å². The molecule has 198 valence electrons. The lowest BCUT2D eigenvalue weighted by molar-refractivity contribution is 0.742. The normalized spacial score (nSPS) is 21.1. The second-order valence-electron chi connectivity index (χ2n) is 12.8. The van der Waals surface area contributed by atoms with E-state index in [1.807, 2.05) is 0 Å². The molecule has 4 bridgehead atoms. The van der Waals surface area contributed by atoms with Crippen LogP contribution in [0.2, 0.25) is 0 Å². The molecule has 0 heteroatoms. The zero-order chi connectivity index (χ0) is 27.7. The Morgan fingerprint density at radius 1 is 0.286 bits per heavy atom. The minimum Gasteiger partial charge on any atom is -0.0619 e. The molecule has 12 rings (SSSR count). The summed E-state index contributed by atoms with van der Waals surface area (Å²) in [4.78, 5) is 0. The van der Waals surface area contributed by atoms with Crippen molar-refractivity contribution in [1.82, 2.24) is 0 Å². The Bertz CT molecular complexity index is 1890. The summed E-state index contributed by atoms with van der Waals surface area (Å²) >= 11 is 0. The van der Waals surface area contributed by atoms with E-state index in [1.54, 1.807) is 0 Å². The minimum absolute atomic E-state index is 0.254. The zero-order valence-electron chi connectivity index (χ0n) is 23.9. The molecule has 0 saturated heterocycles. The molecule has 42 heavy (non-hydrogen) atoms. The molecule has 0 unspecified atom stereocenters. The fourth-order valence-corrected chi connectivity index (χ4v) is 9.41. The maximum atomic E-state index is 2.45. The van der Waals surface area contributed by atoms with Gasteiger partial charge in [-0.05, 0) is 103 Å². The number of aryl methyl sites for hydroxylation is 2. The minimum atomic E-state index is 0.254. The molecular weight excluding hydrogens is 504 g/mol. The monoisotopic (exact) mass is 534 g/mol. The smallest absolute Gasteiger partial charge is 0.0355 e. The summed E-state index contributed by atoms with van der Waals surface area (Å²) in [6.45, 7) is 4.65. The van der Waals surface area contributed by atoms with Gasteiger partial charge < -0.3 is 0 Å². The third kappa shape index (κ3) is 2.65. The fraction of sp³-hybridized carbons (Fsp3) is 0.143. The predicted molar refractivity (Wildman–Crippen MR) is 171 cm³/mol. The third-order valence-corrected chi connectivity index (χ3v) is 10.9. The van der Waals surface area contributed by atoms with E-state index in [-0.39, 0.29) is 23.7 Å². The van der Waals surface area contributed by atoms with Gasteiger partial charge in [-0.1, -0.05) is 121 Å². The Labute approximate surface area is 247 Å². The molecule has 0 atom stereocenters. The van der Waals surface area contributed by atoms with Gasteiger partial charge in [0.25, 0.3) is 0 Å². The second-order valence-corrected chi connectivity index (χ2v) is 12.8. The van der Waals surface area contributed by atoms with Crippen LogP contribution in [0.1, 0.15) is 102 Å². The van der Waals surface area contributed by atoms with Crippen LogP contribution in [0.3, 0.4) is 0 Å². The molecule has 0 saturated carbocycles. The van der Waals surface area contributed by atoms with Crippen molar-refractivity contribution in [2.24, 2.45) is 0 Å². The molecule has 6 aliphatic rings. The highest BCUT2D eigenvalue weighted by molar-refractivity contribution is 5.85. The van der Waals surface area contributed by atoms with Gasteiger partial charge in [-0.25, -0.2) is 0 Å². The first-order valence-electron chi connectivity index (χ1n) is 15.3. The molecule has 6 aromatic rings. The molecule has 6 aliphatic carbocycles. The number of hydrogen-bond donors (Lipinski definition) is 0. The summed E-state index contributed by atoms with van der Waals surface area (Å²) in [5, 5.41) is 0. The van der Waals surface area contributed by atoms with E-state index in [9.17, 15) is 0 Å². The Morgan fingerprint density at radius 2 is 0.524 bits per heavy atom. The first kappa shape index (κ1) is 22.9. The molecule has 6 aromatic carbocycles. The largest absolute Gasteiger partial charge is 0.0619 e. The summed E-state index contributed by atoms with van der Waals surface area (Å²) in [5.41, 5.74) is 23.7. The van der Waals surface area contributed by atoms with Crippen molar-refractivity contribution >= 4 is 0 Å². The lowest BCUT2D eigenvalue weighted by atomic mass is 9.57. The highest BCUT2D eigenvalue weighted by Gasteiger charge is 2.46. The van der Waals surface area contributed by atoms with Crippen LogP contribution in [0.4, 0.5) is 0 Å². The van der Waals surface area contributed by atoms with Crippen LogP contribution < -0.4 is 0 Å². The first-order valence-corrected chi connectivity index (χ1v) is 15.3. The van der Waals surface area contributed by atoms with Crippen LogP contribution in [0, 0.1) is 13.8 Å². The van der Waals surface area contributed by atoms with Gasteiger partial charge in [0.05, 0.1) is 0 Å². The van der Waals surface area contributed by atoms with Gasteiger partial charge in [-0.2, -0.15) is 0 Å². The van der Waals surface area contributed by atoms with Crippen LogP contribution in [-0.2, 0) is 0 Å². The molecule has 0 N–H and O–H groups in total. The van der Waals surface area contributed by atoms with Gasteiger partial charge in [-0.3, -0.25) is 0 Å². The van der Waals surface area contributed by atoms with Gasteiger partial charge in [-0.15, -0.1) is 0 Å². The van der Waals surface area contributed by atoms with Crippen LogP contribution >= 0.6 is 0 Å². The lowest BCUT2D eigenvalue weighted by Gasteiger charge is -2.46. The highest BCUT2D eigenvalue weighted by atomic mass is 14.5. The Morgan fingerprint density at radius 3 is 0.786 bits per heavy atom. The van der Waals surface area contributed by atoms with Crippen molar-refractivity contribution in [1.29, 1.82) is 0 Å². The zero-order valence-corrected chi connectivity index (χ0v) is 23.9. The number of rotatable bonds is 1. The van der Waals surface area contributed by atoms with E-state index in [2.05, 4.69) is 135 Å². The third-order valence-electron chi connectivity index (χ3n) is 10.9. The molecule has 0 amide bonds. The quantitative estimate of drug-likeness (QED) is 0.197. The molecular formula is C42H30. The maximum absolute atomic E-state index is 2.45. The van der Waals surface area contributed by atoms with E-state index in [0.29, 0.717) is 0 Å². The van der Waals surface area contributed by atoms with E-state index in [4.69, 9.17) is 0 Å². The Hall–Kier alpha value is -4.68. The summed E-state index contributed by atoms with van der Waals surface area (Å²) < 4.78 is 0. The van der Waals surface area contributed by atoms with Crippen molar-refractivity contribution in [3.63, 3.8) is 0 Å². The molecule has 0 radical (unpaired) electrons. The summed E-state index contributed by atoms with van der Waals surface area (Å²) in [5.74, 6) is 1.09. The first-order chi connectivity index (χ1) is 20.7. The van der Waals surface area contributed by atoms with E-state index < -0.39 is 0 Å². The summed E-state index contributed by atoms with van der Waals surface area (Å²) in [6.07, 6.45) is 0. The van der Waals surface area contributed by atoms with Crippen molar-refractivity contribution in [3.05, 3.63) is 199 Å². The van der Waals surface area contributed by atoms with Gasteiger partial charge in [0, 0.05) is 23.7 Å². The molecule has 0 aliphatic heterocycles. The van der Waals surface area contributed by atoms with Crippen LogP contribution in [0.5, 0.6) is 0 Å². The number of hydrogen-bond acceptors (Lipinski definition) is 0. The maximum Gasteiger partial charge on any atom is 0.0355 e. The van der Waals surface area contributed by atoms with Crippen molar-refractivity contribution in [2.45, 2.75) is 37.5 Å². The van der Waals surface area contributed by atoms with Crippen LogP contribution in [0.15, 0.2) is 121 Å². The fourth-order valence-electron chi connectivity index (χ4n) is 9.41. The van der Waals surface area contributed by atoms with Crippen LogP contribution in [0.25, 0.3) is 11.1 Å². The molecule has 0 heterocycles. The van der Waals surface area contributed by atoms with E-state index in [1.165, 1.54) is 89.0 Å². The van der Waals surface area contributed by atoms with Crippen molar-refractivity contribution in [2.75, 3.05) is 0 Å². The average molecular weight is 535 g/mol. The standard InChI is InChI=1S/C42H30/c1-23-19-21-33(41-35(23)37-25-11-3-7-15-29(25)39(41)30-16-8-4-12-26(30)37)34-22-20-24(2)36-38-27-13-5-9-17-31(27)40(42(34)36)32-18-10-6-14-28(32)38/h3-22,37-40H,1-2H3. The van der Waals surface area contributed by atoms with E-state index in [0.717, 1.165) is 0 Å². The van der Waals surface area contributed by atoms with Crippen LogP contribution in [-0.4, -0.2) is 0 Å². The number of benzene rings is 6. The molecule has 0 spiro atoms. The molecule has 0 fully saturated rings. The summed E-state index contributed by atoms with van der Waals surface area (Å²) in [6, 6.07) is 46.6. The Kier molecular flexibility index (Phi) is 4.36. The summed E-state index contributed by atoms with van der Waals surface area (Å²) in [7, 11) is 0. The highest BCUT2D eigenvalue weighted by Crippen LogP contribution is 2.62. The van der Waals surface area contributed by atoms with Gasteiger partial charge in [0.1, 0.15) is 0 Å². The molecule has 0 nitrogen and oxygen atoms in total. The molecule has 0 aromatic heterocycles. The average Bonchev–Trinajstić information content (AvgIpc) is 3.05. The SMILES string of the molecule is Cc1ccc(-c2ccc(C)c3c2C2c4ccccc4C3c3ccccc32)c2c1C1c3ccccc3C2c2ccccc21.